The lowest BCUT2D eigenvalue weighted by Crippen LogP contribution is -2.19. The third kappa shape index (κ3) is 9.80. The van der Waals surface area contributed by atoms with Gasteiger partial charge >= 0.3 is 6.03 Å². The standard InChI is InChI=1S/C31H13N11.C17H9N7.C7H4N2O/c1-34-27(30-39-23-12-6-7-13-24(23)40-30)31-41-25(17(15-32)28-35-19-8-2-3-9-20(19)36-28)14-26(42-31)18(16-33)29-37-21-10-4-5-11-22(21)38-29;1-20-10-16-21-11(6-7-18)8-15(22-16)12(9-19)17-23-13-4-2-3-5-14(13)24-17;10-7-8-5-3-1-2-4-6(5)9-7/h2-14H;2-5,8H,6,10H2;1-4H. The summed E-state index contributed by atoms with van der Waals surface area (Å²) in [6.07, 6.45) is 0.0725. The van der Waals surface area contributed by atoms with Gasteiger partial charge in [0.25, 0.3) is 12.2 Å². The van der Waals surface area contributed by atoms with Crippen LogP contribution >= 0.6 is 0 Å². The van der Waals surface area contributed by atoms with Crippen LogP contribution in [0.3, 0.4) is 0 Å². The summed E-state index contributed by atoms with van der Waals surface area (Å²) in [5.41, 5.74) is 1.25. The summed E-state index contributed by atoms with van der Waals surface area (Å²) in [7, 11) is 0. The number of fused-ring (bicyclic) bond motifs is 5. The second-order valence-electron chi connectivity index (χ2n) is 15.8. The van der Waals surface area contributed by atoms with Gasteiger partial charge < -0.3 is 4.85 Å². The zero-order chi connectivity index (χ0) is 52.5. The van der Waals surface area contributed by atoms with Gasteiger partial charge in [-0.25, -0.2) is 76.1 Å². The van der Waals surface area contributed by atoms with E-state index in [9.17, 15) is 20.6 Å². The highest BCUT2D eigenvalue weighted by Crippen LogP contribution is 2.28. The molecule has 0 saturated carbocycles. The zero-order valence-corrected chi connectivity index (χ0v) is 39.0. The number of carbonyl (C=O) groups is 1. The first-order valence-corrected chi connectivity index (χ1v) is 22.4. The van der Waals surface area contributed by atoms with Crippen molar-refractivity contribution < 1.29 is 4.79 Å². The molecule has 0 saturated heterocycles. The maximum atomic E-state index is 10.6. The number of amides is 2. The molecule has 0 fully saturated rings. The number of rotatable bonds is 6. The third-order valence-corrected chi connectivity index (χ3v) is 11.0. The van der Waals surface area contributed by atoms with E-state index < -0.39 is 6.03 Å². The van der Waals surface area contributed by atoms with Gasteiger partial charge in [-0.1, -0.05) is 60.7 Å². The van der Waals surface area contributed by atoms with E-state index in [2.05, 4.69) is 97.8 Å². The van der Waals surface area contributed by atoms with Crippen LogP contribution in [0.2, 0.25) is 0 Å². The van der Waals surface area contributed by atoms with Crippen LogP contribution < -0.4 is 53.6 Å². The molecule has 0 aliphatic carbocycles. The van der Waals surface area contributed by atoms with Crippen molar-refractivity contribution in [1.29, 1.82) is 21.0 Å². The highest BCUT2D eigenvalue weighted by molar-refractivity contribution is 5.84. The lowest BCUT2D eigenvalue weighted by atomic mass is 10.1. The lowest BCUT2D eigenvalue weighted by Gasteiger charge is -2.08. The van der Waals surface area contributed by atoms with Crippen molar-refractivity contribution in [2.24, 2.45) is 49.9 Å². The van der Waals surface area contributed by atoms with E-state index in [-0.39, 0.29) is 81.7 Å². The largest absolute Gasteiger partial charge is 0.368 e. The molecule has 0 bridgehead atoms. The van der Waals surface area contributed by atoms with Gasteiger partial charge in [-0.15, -0.1) is 0 Å². The molecule has 5 aromatic carbocycles. The number of allylic oxidation sites excluding steroid dienone is 3. The van der Waals surface area contributed by atoms with Gasteiger partial charge in [-0.3, -0.25) is 0 Å². The van der Waals surface area contributed by atoms with Crippen LogP contribution in [0.25, 0.3) is 32.1 Å². The van der Waals surface area contributed by atoms with Gasteiger partial charge in [0.1, 0.15) is 34.9 Å². The lowest BCUT2D eigenvalue weighted by molar-refractivity contribution is 0.256. The Morgan fingerprint density at radius 1 is 0.434 bits per heavy atom. The van der Waals surface area contributed by atoms with E-state index in [1.54, 1.807) is 54.6 Å². The van der Waals surface area contributed by atoms with Crippen molar-refractivity contribution >= 4 is 28.4 Å². The molecular weight excluding hydrogens is 957 g/mol. The van der Waals surface area contributed by atoms with Crippen LogP contribution in [0, 0.1) is 58.5 Å². The monoisotopic (exact) mass is 982 g/mol. The number of nitriles is 4. The molecule has 5 aliphatic heterocycles. The summed E-state index contributed by atoms with van der Waals surface area (Å²) in [5.74, 6) is 0.911. The number of benzene rings is 5. The van der Waals surface area contributed by atoms with E-state index in [1.807, 2.05) is 78.9 Å². The molecule has 352 valence electrons. The molecule has 0 radical (unpaired) electrons. The van der Waals surface area contributed by atoms with Crippen LogP contribution in [0.1, 0.15) is 34.4 Å². The van der Waals surface area contributed by atoms with Crippen LogP contribution in [-0.2, 0) is 13.0 Å². The fourth-order valence-electron chi connectivity index (χ4n) is 7.62. The van der Waals surface area contributed by atoms with Crippen molar-refractivity contribution in [1.82, 2.24) is 19.9 Å². The first-order chi connectivity index (χ1) is 37.2. The van der Waals surface area contributed by atoms with Crippen LogP contribution in [0.5, 0.6) is 0 Å². The Hall–Kier alpha value is -12.2. The molecule has 0 atom stereocenters. The van der Waals surface area contributed by atoms with E-state index in [1.165, 1.54) is 6.07 Å². The summed E-state index contributed by atoms with van der Waals surface area (Å²) < 4.78 is 0. The molecule has 12 rings (SSSR count). The molecule has 5 aliphatic rings. The van der Waals surface area contributed by atoms with Gasteiger partial charge in [0.2, 0.25) is 5.82 Å². The molecule has 76 heavy (non-hydrogen) atoms. The molecule has 0 N–H and O–H groups in total. The second-order valence-corrected chi connectivity index (χ2v) is 15.8. The highest BCUT2D eigenvalue weighted by atomic mass is 16.2. The van der Waals surface area contributed by atoms with Crippen LogP contribution in [0.15, 0.2) is 207 Å². The molecule has 0 spiro atoms. The van der Waals surface area contributed by atoms with Gasteiger partial charge in [-0.2, -0.15) is 31.0 Å². The topological polar surface area (TPSA) is 296 Å². The average Bonchev–Trinajstić information content (AvgIpc) is 4.30. The summed E-state index contributed by atoms with van der Waals surface area (Å²) in [6.45, 7) is 14.9. The molecule has 7 heterocycles. The van der Waals surface area contributed by atoms with E-state index >= 15 is 0 Å². The highest BCUT2D eigenvalue weighted by Gasteiger charge is 2.24. The number of aromatic nitrogens is 4. The number of hydrogen-bond acceptors (Lipinski definition) is 17. The molecule has 7 aromatic rings. The Kier molecular flexibility index (Phi) is 13.2. The first-order valence-electron chi connectivity index (χ1n) is 22.4. The van der Waals surface area contributed by atoms with Crippen molar-refractivity contribution in [3.63, 3.8) is 0 Å². The number of hydrogen-bond donors (Lipinski definition) is 0. The predicted molar refractivity (Wildman–Crippen MR) is 264 cm³/mol. The fraction of sp³-hybridized carbons (Fsp3) is 0.0364. The molecule has 2 amide bonds. The Morgan fingerprint density at radius 3 is 1.08 bits per heavy atom. The Balaban J connectivity index is 0.000000161. The quantitative estimate of drug-likeness (QED) is 0.174. The number of para-hydroxylation sites is 10. The van der Waals surface area contributed by atoms with Crippen molar-refractivity contribution in [2.75, 3.05) is 0 Å². The van der Waals surface area contributed by atoms with Gasteiger partial charge in [0.05, 0.1) is 95.4 Å². The summed E-state index contributed by atoms with van der Waals surface area (Å²) in [4.78, 5) is 78.0. The summed E-state index contributed by atoms with van der Waals surface area (Å²) in [6, 6.07) is 47.2. The maximum absolute atomic E-state index is 10.6. The number of nitrogens with zero attached hydrogens (tertiary/aromatic N) is 20. The minimum atomic E-state index is -0.402. The van der Waals surface area contributed by atoms with Crippen molar-refractivity contribution in [2.45, 2.75) is 13.0 Å². The predicted octanol–water partition coefficient (Wildman–Crippen LogP) is 2.43. The molecule has 21 heteroatoms. The van der Waals surface area contributed by atoms with E-state index in [0.717, 1.165) is 0 Å². The normalized spacial score (nSPS) is 12.7. The van der Waals surface area contributed by atoms with Gasteiger partial charge in [0.15, 0.2) is 29.1 Å². The third-order valence-electron chi connectivity index (χ3n) is 11.0. The van der Waals surface area contributed by atoms with Gasteiger partial charge in [-0.05, 0) is 72.8 Å². The average molecular weight is 983 g/mol. The summed E-state index contributed by atoms with van der Waals surface area (Å²) >= 11 is 0. The number of urea groups is 1. The van der Waals surface area contributed by atoms with E-state index in [4.69, 9.17) is 18.4 Å². The smallest absolute Gasteiger partial charge is 0.308 e. The van der Waals surface area contributed by atoms with Crippen LogP contribution in [0.4, 0.5) is 4.79 Å². The molecule has 0 unspecified atom stereocenters. The zero-order valence-electron chi connectivity index (χ0n) is 39.0. The minimum absolute atomic E-state index is 0.0190. The molecular formula is C55H26N20O. The SMILES string of the molecule is O=C1N=c2ccccc2=N1.[C-]#[N+]C(=C1N=c2ccccc2=N1)c1nc(C(C#N)=C2N=c3ccccc3=N2)cc(C(C#N)=C2N=c3ccccc3=N2)n1.[C-]#[N+]Cc1nc(CC#N)cc(C(C#N)=C2N=c3ccccc3=N2)n1. The first kappa shape index (κ1) is 47.5. The maximum Gasteiger partial charge on any atom is 0.368 e. The fourth-order valence-corrected chi connectivity index (χ4v) is 7.62. The van der Waals surface area contributed by atoms with Crippen LogP contribution in [-0.4, -0.2) is 26.0 Å². The Morgan fingerprint density at radius 2 is 0.763 bits per heavy atom. The Labute approximate surface area is 427 Å². The Bertz CT molecular complexity index is 4310. The van der Waals surface area contributed by atoms with E-state index in [0.29, 0.717) is 65.0 Å². The summed E-state index contributed by atoms with van der Waals surface area (Å²) in [5, 5.41) is 45.3. The number of carbonyl (C=O) groups excluding carboxylic acids is 1. The second kappa shape index (κ2) is 21.0. The molecule has 21 nitrogen and oxygen atoms in total. The van der Waals surface area contributed by atoms with Gasteiger partial charge in [0, 0.05) is 0 Å². The molecule has 2 aromatic heterocycles. The van der Waals surface area contributed by atoms with Crippen molar-refractivity contribution in [3.8, 4) is 24.3 Å². The minimum Gasteiger partial charge on any atom is -0.308 e. The van der Waals surface area contributed by atoms with Crippen molar-refractivity contribution in [3.05, 3.63) is 268 Å².